The summed E-state index contributed by atoms with van der Waals surface area (Å²) >= 11 is 6.47. The zero-order valence-corrected chi connectivity index (χ0v) is 13.0. The molecule has 1 heterocycles. The van der Waals surface area contributed by atoms with E-state index in [0.717, 1.165) is 18.1 Å². The molecule has 1 aliphatic rings. The highest BCUT2D eigenvalue weighted by molar-refractivity contribution is 6.33. The molecular weight excluding hydrogens is 256 g/mol. The standard InChI is InChI=1S/C16H25ClN2/c1-12(2)18-11-14-7-8-16(15(17)10-14)19-9-5-4-6-13(19)3/h7-8,10,12-13,18H,4-6,9,11H2,1-3H3. The predicted molar refractivity (Wildman–Crippen MR) is 84.1 cm³/mol. The lowest BCUT2D eigenvalue weighted by atomic mass is 10.0. The zero-order valence-electron chi connectivity index (χ0n) is 12.2. The molecule has 19 heavy (non-hydrogen) atoms. The van der Waals surface area contributed by atoms with E-state index in [0.29, 0.717) is 12.1 Å². The van der Waals surface area contributed by atoms with Gasteiger partial charge in [0.25, 0.3) is 0 Å². The summed E-state index contributed by atoms with van der Waals surface area (Å²) in [6, 6.07) is 7.58. The van der Waals surface area contributed by atoms with Gasteiger partial charge in [-0.1, -0.05) is 31.5 Å². The van der Waals surface area contributed by atoms with Gasteiger partial charge in [-0.25, -0.2) is 0 Å². The molecule has 1 aliphatic heterocycles. The van der Waals surface area contributed by atoms with Crippen molar-refractivity contribution in [3.8, 4) is 0 Å². The van der Waals surface area contributed by atoms with Crippen LogP contribution in [0, 0.1) is 0 Å². The van der Waals surface area contributed by atoms with Gasteiger partial charge in [-0.05, 0) is 43.9 Å². The second-order valence-corrected chi connectivity index (χ2v) is 6.27. The lowest BCUT2D eigenvalue weighted by Crippen LogP contribution is -2.37. The van der Waals surface area contributed by atoms with E-state index in [4.69, 9.17) is 11.6 Å². The fraction of sp³-hybridized carbons (Fsp3) is 0.625. The summed E-state index contributed by atoms with van der Waals surface area (Å²) in [6.45, 7) is 8.62. The van der Waals surface area contributed by atoms with Gasteiger partial charge < -0.3 is 10.2 Å². The molecule has 1 atom stereocenters. The maximum absolute atomic E-state index is 6.47. The van der Waals surface area contributed by atoms with E-state index in [2.05, 4.69) is 49.2 Å². The molecule has 2 rings (SSSR count). The molecule has 1 aromatic rings. The lowest BCUT2D eigenvalue weighted by molar-refractivity contribution is 0.485. The molecule has 1 saturated heterocycles. The van der Waals surface area contributed by atoms with Crippen LogP contribution in [0.2, 0.25) is 5.02 Å². The number of rotatable bonds is 4. The summed E-state index contributed by atoms with van der Waals surface area (Å²) in [5, 5.41) is 4.31. The Morgan fingerprint density at radius 1 is 1.37 bits per heavy atom. The average molecular weight is 281 g/mol. The van der Waals surface area contributed by atoms with Crippen LogP contribution >= 0.6 is 11.6 Å². The summed E-state index contributed by atoms with van der Waals surface area (Å²) in [6.07, 6.45) is 3.88. The topological polar surface area (TPSA) is 15.3 Å². The smallest absolute Gasteiger partial charge is 0.0642 e. The van der Waals surface area contributed by atoms with Crippen LogP contribution in [0.15, 0.2) is 18.2 Å². The molecule has 106 valence electrons. The maximum atomic E-state index is 6.47. The Bertz CT molecular complexity index is 417. The van der Waals surface area contributed by atoms with Crippen LogP contribution in [-0.4, -0.2) is 18.6 Å². The van der Waals surface area contributed by atoms with Crippen molar-refractivity contribution in [2.45, 2.75) is 58.7 Å². The summed E-state index contributed by atoms with van der Waals surface area (Å²) in [5.41, 5.74) is 2.45. The minimum atomic E-state index is 0.501. The molecule has 1 unspecified atom stereocenters. The Labute approximate surface area is 122 Å². The quantitative estimate of drug-likeness (QED) is 0.888. The van der Waals surface area contributed by atoms with Gasteiger partial charge in [0.15, 0.2) is 0 Å². The van der Waals surface area contributed by atoms with E-state index in [1.54, 1.807) is 0 Å². The Morgan fingerprint density at radius 3 is 2.79 bits per heavy atom. The van der Waals surface area contributed by atoms with Crippen molar-refractivity contribution in [2.75, 3.05) is 11.4 Å². The number of hydrogen-bond acceptors (Lipinski definition) is 2. The first kappa shape index (κ1) is 14.7. The van der Waals surface area contributed by atoms with Gasteiger partial charge in [-0.3, -0.25) is 0 Å². The molecule has 2 nitrogen and oxygen atoms in total. The van der Waals surface area contributed by atoms with Crippen LogP contribution in [0.4, 0.5) is 5.69 Å². The minimum absolute atomic E-state index is 0.501. The maximum Gasteiger partial charge on any atom is 0.0642 e. The highest BCUT2D eigenvalue weighted by Gasteiger charge is 2.20. The highest BCUT2D eigenvalue weighted by atomic mass is 35.5. The number of nitrogens with one attached hydrogen (secondary N) is 1. The molecule has 1 aromatic carbocycles. The molecular formula is C16H25ClN2. The average Bonchev–Trinajstić information content (AvgIpc) is 2.38. The number of benzene rings is 1. The van der Waals surface area contributed by atoms with Crippen molar-refractivity contribution in [2.24, 2.45) is 0 Å². The summed E-state index contributed by atoms with van der Waals surface area (Å²) < 4.78 is 0. The van der Waals surface area contributed by atoms with E-state index in [1.165, 1.54) is 30.5 Å². The number of nitrogens with zero attached hydrogens (tertiary/aromatic N) is 1. The first-order valence-corrected chi connectivity index (χ1v) is 7.74. The Balaban J connectivity index is 2.10. The molecule has 0 saturated carbocycles. The van der Waals surface area contributed by atoms with E-state index in [9.17, 15) is 0 Å². The van der Waals surface area contributed by atoms with Crippen molar-refractivity contribution in [1.82, 2.24) is 5.32 Å². The first-order valence-electron chi connectivity index (χ1n) is 7.36. The van der Waals surface area contributed by atoms with Crippen molar-refractivity contribution in [3.05, 3.63) is 28.8 Å². The normalized spacial score (nSPS) is 20.1. The third-order valence-corrected chi connectivity index (χ3v) is 4.14. The van der Waals surface area contributed by atoms with Crippen LogP contribution in [0.5, 0.6) is 0 Å². The third-order valence-electron chi connectivity index (χ3n) is 3.84. The van der Waals surface area contributed by atoms with Gasteiger partial charge in [0, 0.05) is 25.2 Å². The summed E-state index contributed by atoms with van der Waals surface area (Å²) in [7, 11) is 0. The molecule has 0 amide bonds. The minimum Gasteiger partial charge on any atom is -0.368 e. The fourth-order valence-corrected chi connectivity index (χ4v) is 2.98. The van der Waals surface area contributed by atoms with Crippen LogP contribution in [0.25, 0.3) is 0 Å². The van der Waals surface area contributed by atoms with Gasteiger partial charge in [-0.15, -0.1) is 0 Å². The monoisotopic (exact) mass is 280 g/mol. The zero-order chi connectivity index (χ0) is 13.8. The van der Waals surface area contributed by atoms with E-state index >= 15 is 0 Å². The van der Waals surface area contributed by atoms with Crippen molar-refractivity contribution in [3.63, 3.8) is 0 Å². The third kappa shape index (κ3) is 3.87. The van der Waals surface area contributed by atoms with Gasteiger partial charge >= 0.3 is 0 Å². The van der Waals surface area contributed by atoms with Crippen molar-refractivity contribution in [1.29, 1.82) is 0 Å². The Kier molecular flexibility index (Phi) is 5.12. The van der Waals surface area contributed by atoms with E-state index in [1.807, 2.05) is 0 Å². The van der Waals surface area contributed by atoms with Gasteiger partial charge in [0.1, 0.15) is 0 Å². The summed E-state index contributed by atoms with van der Waals surface area (Å²) in [4.78, 5) is 2.45. The Morgan fingerprint density at radius 2 is 2.16 bits per heavy atom. The van der Waals surface area contributed by atoms with E-state index < -0.39 is 0 Å². The van der Waals surface area contributed by atoms with Crippen molar-refractivity contribution < 1.29 is 0 Å². The Hall–Kier alpha value is -0.730. The summed E-state index contributed by atoms with van der Waals surface area (Å²) in [5.74, 6) is 0. The van der Waals surface area contributed by atoms with Crippen LogP contribution in [0.1, 0.15) is 45.6 Å². The fourth-order valence-electron chi connectivity index (χ4n) is 2.67. The van der Waals surface area contributed by atoms with Crippen LogP contribution in [-0.2, 0) is 6.54 Å². The first-order chi connectivity index (χ1) is 9.08. The predicted octanol–water partition coefficient (Wildman–Crippen LogP) is 4.22. The molecule has 0 radical (unpaired) electrons. The molecule has 0 spiro atoms. The lowest BCUT2D eigenvalue weighted by Gasteiger charge is -2.36. The second-order valence-electron chi connectivity index (χ2n) is 5.86. The van der Waals surface area contributed by atoms with Gasteiger partial charge in [0.2, 0.25) is 0 Å². The molecule has 0 aliphatic carbocycles. The molecule has 1 fully saturated rings. The molecule has 0 bridgehead atoms. The molecule has 3 heteroatoms. The van der Waals surface area contributed by atoms with Crippen LogP contribution < -0.4 is 10.2 Å². The van der Waals surface area contributed by atoms with Gasteiger partial charge in [-0.2, -0.15) is 0 Å². The second kappa shape index (κ2) is 6.62. The van der Waals surface area contributed by atoms with Gasteiger partial charge in [0.05, 0.1) is 10.7 Å². The number of piperidine rings is 1. The number of halogens is 1. The SMILES string of the molecule is CC(C)NCc1ccc(N2CCCCC2C)c(Cl)c1. The van der Waals surface area contributed by atoms with E-state index in [-0.39, 0.29) is 0 Å². The number of anilines is 1. The molecule has 0 aromatic heterocycles. The largest absolute Gasteiger partial charge is 0.368 e. The van der Waals surface area contributed by atoms with Crippen molar-refractivity contribution >= 4 is 17.3 Å². The highest BCUT2D eigenvalue weighted by Crippen LogP contribution is 2.31. The number of hydrogen-bond donors (Lipinski definition) is 1. The van der Waals surface area contributed by atoms with Crippen LogP contribution in [0.3, 0.4) is 0 Å². The molecule has 1 N–H and O–H groups in total.